The highest BCUT2D eigenvalue weighted by Crippen LogP contribution is 2.37. The summed E-state index contributed by atoms with van der Waals surface area (Å²) in [4.78, 5) is 32.5. The zero-order valence-electron chi connectivity index (χ0n) is 19.8. The largest absolute Gasteiger partial charge is 0.497 e. The Morgan fingerprint density at radius 2 is 1.80 bits per heavy atom. The van der Waals surface area contributed by atoms with Crippen LogP contribution in [0.25, 0.3) is 22.2 Å². The molecule has 0 unspecified atom stereocenters. The number of hydrogen-bond acceptors (Lipinski definition) is 4. The number of aryl methyl sites for hydroxylation is 3. The van der Waals surface area contributed by atoms with E-state index in [2.05, 4.69) is 15.6 Å². The zero-order valence-corrected chi connectivity index (χ0v) is 19.8. The highest BCUT2D eigenvalue weighted by Gasteiger charge is 2.33. The van der Waals surface area contributed by atoms with Crippen molar-refractivity contribution >= 4 is 28.1 Å². The van der Waals surface area contributed by atoms with Gasteiger partial charge in [0.25, 0.3) is 11.5 Å². The highest BCUT2D eigenvalue weighted by molar-refractivity contribution is 6.26. The first-order valence-electron chi connectivity index (χ1n) is 11.6. The lowest BCUT2D eigenvalue weighted by Gasteiger charge is -2.23. The number of ether oxygens (including phenoxy) is 1. The lowest BCUT2D eigenvalue weighted by atomic mass is 9.96. The third-order valence-corrected chi connectivity index (χ3v) is 6.71. The Hall–Kier alpha value is -4.39. The fourth-order valence-corrected chi connectivity index (χ4v) is 5.12. The van der Waals surface area contributed by atoms with Gasteiger partial charge < -0.3 is 9.30 Å². The second-order valence-electron chi connectivity index (χ2n) is 8.84. The Labute approximate surface area is 202 Å². The fourth-order valence-electron chi connectivity index (χ4n) is 5.12. The van der Waals surface area contributed by atoms with Gasteiger partial charge in [-0.15, -0.1) is 0 Å². The molecule has 0 N–H and O–H groups in total. The Morgan fingerprint density at radius 1 is 1.00 bits per heavy atom. The summed E-state index contributed by atoms with van der Waals surface area (Å²) in [5.41, 5.74) is 5.67. The summed E-state index contributed by atoms with van der Waals surface area (Å²) < 4.78 is 8.82. The number of hydrogen-bond donors (Lipinski definition) is 0. The number of benzene rings is 2. The fraction of sp³-hybridized carbons (Fsp3) is 0.179. The summed E-state index contributed by atoms with van der Waals surface area (Å²) in [6.45, 7) is 3.79. The Balaban J connectivity index is 1.67. The van der Waals surface area contributed by atoms with Gasteiger partial charge in [0.05, 0.1) is 41.2 Å². The maximum absolute atomic E-state index is 14.1. The van der Waals surface area contributed by atoms with Gasteiger partial charge in [-0.05, 0) is 56.5 Å². The summed E-state index contributed by atoms with van der Waals surface area (Å²) >= 11 is 0. The molecule has 2 aromatic carbocycles. The van der Waals surface area contributed by atoms with Crippen LogP contribution in [0.4, 0.5) is 0 Å². The quantitative estimate of drug-likeness (QED) is 0.456. The molecule has 7 heteroatoms. The van der Waals surface area contributed by atoms with E-state index in [0.717, 1.165) is 41.1 Å². The van der Waals surface area contributed by atoms with Crippen molar-refractivity contribution in [2.24, 2.45) is 0 Å². The number of carbonyl (C=O) groups is 1. The minimum Gasteiger partial charge on any atom is -0.497 e. The lowest BCUT2D eigenvalue weighted by molar-refractivity contribution is -0.114. The van der Waals surface area contributed by atoms with Crippen LogP contribution in [-0.2, 0) is 11.2 Å². The number of methoxy groups -OCH3 is 1. The molecule has 0 radical (unpaired) electrons. The van der Waals surface area contributed by atoms with Gasteiger partial charge in [0.1, 0.15) is 11.6 Å². The molecule has 1 aliphatic carbocycles. The molecule has 7 nitrogen and oxygen atoms in total. The van der Waals surface area contributed by atoms with E-state index < -0.39 is 0 Å². The summed E-state index contributed by atoms with van der Waals surface area (Å²) in [5, 5.41) is 1.80. The summed E-state index contributed by atoms with van der Waals surface area (Å²) in [6, 6.07) is 17.3. The molecule has 1 aliphatic heterocycles. The van der Waals surface area contributed by atoms with Crippen LogP contribution < -0.4 is 15.3 Å². The standard InChI is InChI=1S/C28H24N4O3/c1-17-14-20-10-7-11-22-26(20)31(17)25(19-8-5-4-6-9-19)16-30(27(22)33)32-18(2)29-24-13-12-21(35-3)15-23(24)28(32)34/h4-6,8-9,11-16H,7,10H2,1-3H3. The van der Waals surface area contributed by atoms with Crippen molar-refractivity contribution in [3.05, 3.63) is 106 Å². The second-order valence-corrected chi connectivity index (χ2v) is 8.84. The molecule has 1 amide bonds. The number of nitrogens with zero attached hydrogens (tertiary/aromatic N) is 4. The number of rotatable bonds is 3. The van der Waals surface area contributed by atoms with E-state index in [1.54, 1.807) is 38.4 Å². The predicted molar refractivity (Wildman–Crippen MR) is 136 cm³/mol. The third-order valence-electron chi connectivity index (χ3n) is 6.71. The molecule has 0 atom stereocenters. The van der Waals surface area contributed by atoms with E-state index in [0.29, 0.717) is 28.0 Å². The molecule has 0 bridgehead atoms. The first-order valence-corrected chi connectivity index (χ1v) is 11.6. The second kappa shape index (κ2) is 7.84. The van der Waals surface area contributed by atoms with Gasteiger partial charge in [0.15, 0.2) is 0 Å². The molecule has 174 valence electrons. The molecular weight excluding hydrogens is 440 g/mol. The maximum Gasteiger partial charge on any atom is 0.280 e. The van der Waals surface area contributed by atoms with E-state index in [9.17, 15) is 9.59 Å². The van der Waals surface area contributed by atoms with Gasteiger partial charge in [-0.2, -0.15) is 4.68 Å². The van der Waals surface area contributed by atoms with Crippen LogP contribution in [0.2, 0.25) is 0 Å². The van der Waals surface area contributed by atoms with E-state index in [4.69, 9.17) is 4.74 Å². The van der Waals surface area contributed by atoms with Crippen molar-refractivity contribution in [3.8, 4) is 5.75 Å². The number of carbonyl (C=O) groups excluding carboxylic acids is 1. The lowest BCUT2D eigenvalue weighted by Crippen LogP contribution is -2.44. The van der Waals surface area contributed by atoms with E-state index in [-0.39, 0.29) is 11.5 Å². The van der Waals surface area contributed by atoms with Crippen LogP contribution in [-0.4, -0.2) is 27.2 Å². The molecule has 2 aromatic heterocycles. The smallest absolute Gasteiger partial charge is 0.280 e. The molecule has 0 saturated carbocycles. The van der Waals surface area contributed by atoms with Gasteiger partial charge in [0, 0.05) is 11.3 Å². The molecule has 2 aliphatic rings. The SMILES string of the molecule is COc1ccc2nc(C)n(N3C=C(c4ccccc4)n4c(C)cc5c4C(=CCC5)C3=O)c(=O)c2c1. The molecule has 0 saturated heterocycles. The molecular formula is C28H24N4O3. The third kappa shape index (κ3) is 3.15. The molecule has 35 heavy (non-hydrogen) atoms. The molecule has 0 fully saturated rings. The number of fused-ring (bicyclic) bond motifs is 1. The van der Waals surface area contributed by atoms with Gasteiger partial charge in [-0.25, -0.2) is 9.99 Å². The van der Waals surface area contributed by atoms with Crippen LogP contribution in [0.3, 0.4) is 0 Å². The van der Waals surface area contributed by atoms with Crippen molar-refractivity contribution in [3.63, 3.8) is 0 Å². The Kier molecular flexibility index (Phi) is 4.74. The van der Waals surface area contributed by atoms with Gasteiger partial charge in [-0.1, -0.05) is 36.4 Å². The van der Waals surface area contributed by atoms with Crippen molar-refractivity contribution < 1.29 is 9.53 Å². The number of allylic oxidation sites excluding steroid dienone is 1. The average Bonchev–Trinajstić information content (AvgIpc) is 3.14. The summed E-state index contributed by atoms with van der Waals surface area (Å²) in [6.07, 6.45) is 5.38. The van der Waals surface area contributed by atoms with E-state index in [1.165, 1.54) is 9.69 Å². The zero-order chi connectivity index (χ0) is 24.3. The molecule has 4 aromatic rings. The molecule has 0 spiro atoms. The number of amides is 1. The summed E-state index contributed by atoms with van der Waals surface area (Å²) in [5.74, 6) is 0.718. The van der Waals surface area contributed by atoms with E-state index in [1.807, 2.05) is 43.3 Å². The minimum atomic E-state index is -0.330. The average molecular weight is 465 g/mol. The minimum absolute atomic E-state index is 0.259. The highest BCUT2D eigenvalue weighted by atomic mass is 16.5. The van der Waals surface area contributed by atoms with Crippen LogP contribution in [0.5, 0.6) is 5.75 Å². The Morgan fingerprint density at radius 3 is 2.57 bits per heavy atom. The van der Waals surface area contributed by atoms with Crippen molar-refractivity contribution in [1.29, 1.82) is 0 Å². The van der Waals surface area contributed by atoms with Crippen LogP contribution in [0, 0.1) is 13.8 Å². The van der Waals surface area contributed by atoms with Crippen molar-refractivity contribution in [2.45, 2.75) is 26.7 Å². The maximum atomic E-state index is 14.1. The number of aromatic nitrogens is 3. The normalized spacial score (nSPS) is 14.9. The topological polar surface area (TPSA) is 69.4 Å². The predicted octanol–water partition coefficient (Wildman–Crippen LogP) is 4.18. The van der Waals surface area contributed by atoms with Gasteiger partial charge in [-0.3, -0.25) is 9.59 Å². The van der Waals surface area contributed by atoms with Gasteiger partial charge in [0.2, 0.25) is 0 Å². The first kappa shape index (κ1) is 21.2. The monoisotopic (exact) mass is 464 g/mol. The van der Waals surface area contributed by atoms with Crippen LogP contribution >= 0.6 is 0 Å². The molecule has 3 heterocycles. The van der Waals surface area contributed by atoms with E-state index >= 15 is 0 Å². The first-order chi connectivity index (χ1) is 17.0. The van der Waals surface area contributed by atoms with Crippen molar-refractivity contribution in [1.82, 2.24) is 14.2 Å². The summed E-state index contributed by atoms with van der Waals surface area (Å²) in [7, 11) is 1.55. The van der Waals surface area contributed by atoms with Crippen molar-refractivity contribution in [2.75, 3.05) is 12.1 Å². The van der Waals surface area contributed by atoms with Crippen LogP contribution in [0.15, 0.2) is 71.7 Å². The Bertz CT molecular complexity index is 1640. The van der Waals surface area contributed by atoms with Crippen LogP contribution in [0.1, 0.15) is 34.8 Å². The molecule has 6 rings (SSSR count). The van der Waals surface area contributed by atoms with Gasteiger partial charge >= 0.3 is 0 Å².